The van der Waals surface area contributed by atoms with Gasteiger partial charge in [-0.1, -0.05) is 30.3 Å². The maximum atomic E-state index is 12.8. The molecule has 0 N–H and O–H groups in total. The summed E-state index contributed by atoms with van der Waals surface area (Å²) in [5.41, 5.74) is 0.395. The van der Waals surface area contributed by atoms with Crippen LogP contribution in [0.15, 0.2) is 54.6 Å². The van der Waals surface area contributed by atoms with E-state index in [2.05, 4.69) is 4.18 Å². The SMILES string of the molecule is CS(=O)(=O)Oc1ccc(OC(CC(F)(F)F)c2ccccc2)cc1. The van der Waals surface area contributed by atoms with Crippen molar-refractivity contribution in [3.63, 3.8) is 0 Å². The summed E-state index contributed by atoms with van der Waals surface area (Å²) in [5.74, 6) is 0.228. The molecule has 8 heteroatoms. The molecule has 0 aliphatic carbocycles. The normalized spacial score (nSPS) is 13.3. The van der Waals surface area contributed by atoms with Crippen LogP contribution in [0.1, 0.15) is 18.1 Å². The van der Waals surface area contributed by atoms with E-state index in [1.165, 1.54) is 24.3 Å². The van der Waals surface area contributed by atoms with Crippen molar-refractivity contribution < 1.29 is 30.5 Å². The molecule has 4 nitrogen and oxygen atoms in total. The van der Waals surface area contributed by atoms with Crippen LogP contribution in [-0.4, -0.2) is 20.8 Å². The van der Waals surface area contributed by atoms with E-state index >= 15 is 0 Å². The molecule has 0 aromatic heterocycles. The van der Waals surface area contributed by atoms with E-state index in [1.54, 1.807) is 30.3 Å². The number of alkyl halides is 3. The van der Waals surface area contributed by atoms with Crippen molar-refractivity contribution in [2.24, 2.45) is 0 Å². The minimum absolute atomic E-state index is 0.0527. The highest BCUT2D eigenvalue weighted by Crippen LogP contribution is 2.33. The van der Waals surface area contributed by atoms with Crippen LogP contribution in [0.5, 0.6) is 11.5 Å². The molecule has 0 aliphatic heterocycles. The summed E-state index contributed by atoms with van der Waals surface area (Å²) in [7, 11) is -3.67. The highest BCUT2D eigenvalue weighted by Gasteiger charge is 2.34. The van der Waals surface area contributed by atoms with Crippen molar-refractivity contribution in [2.45, 2.75) is 18.7 Å². The van der Waals surface area contributed by atoms with Crippen molar-refractivity contribution in [1.82, 2.24) is 0 Å². The lowest BCUT2D eigenvalue weighted by Gasteiger charge is -2.21. The van der Waals surface area contributed by atoms with Gasteiger partial charge in [-0.3, -0.25) is 0 Å². The average molecular weight is 360 g/mol. The number of rotatable bonds is 6. The third kappa shape index (κ3) is 6.11. The Hall–Kier alpha value is -2.22. The van der Waals surface area contributed by atoms with E-state index < -0.39 is 28.8 Å². The van der Waals surface area contributed by atoms with Gasteiger partial charge in [0, 0.05) is 0 Å². The number of benzene rings is 2. The van der Waals surface area contributed by atoms with Gasteiger partial charge in [0.25, 0.3) is 0 Å². The van der Waals surface area contributed by atoms with Gasteiger partial charge in [-0.05, 0) is 29.8 Å². The van der Waals surface area contributed by atoms with Crippen molar-refractivity contribution >= 4 is 10.1 Å². The van der Waals surface area contributed by atoms with Crippen molar-refractivity contribution in [2.75, 3.05) is 6.26 Å². The summed E-state index contributed by atoms with van der Waals surface area (Å²) in [4.78, 5) is 0. The summed E-state index contributed by atoms with van der Waals surface area (Å²) < 4.78 is 70.5. The number of ether oxygens (including phenoxy) is 1. The third-order valence-corrected chi connectivity index (χ3v) is 3.43. The summed E-state index contributed by atoms with van der Waals surface area (Å²) in [6.07, 6.45) is -5.84. The molecule has 0 saturated heterocycles. The summed E-state index contributed by atoms with van der Waals surface area (Å²) in [6, 6.07) is 13.4. The third-order valence-electron chi connectivity index (χ3n) is 2.94. The maximum absolute atomic E-state index is 12.8. The number of halogens is 3. The van der Waals surface area contributed by atoms with Crippen LogP contribution < -0.4 is 8.92 Å². The van der Waals surface area contributed by atoms with Gasteiger partial charge in [-0.2, -0.15) is 21.6 Å². The fraction of sp³-hybridized carbons (Fsp3) is 0.250. The molecular weight excluding hydrogens is 345 g/mol. The van der Waals surface area contributed by atoms with Crippen LogP contribution in [0.3, 0.4) is 0 Å². The Morgan fingerprint density at radius 2 is 1.50 bits per heavy atom. The molecule has 2 aromatic carbocycles. The van der Waals surface area contributed by atoms with Crippen LogP contribution in [-0.2, 0) is 10.1 Å². The Labute approximate surface area is 138 Å². The van der Waals surface area contributed by atoms with Crippen molar-refractivity contribution in [1.29, 1.82) is 0 Å². The molecule has 1 unspecified atom stereocenters. The Kier molecular flexibility index (Phi) is 5.38. The molecular formula is C16H15F3O4S. The topological polar surface area (TPSA) is 52.6 Å². The van der Waals surface area contributed by atoms with E-state index in [-0.39, 0.29) is 11.5 Å². The zero-order chi connectivity index (χ0) is 17.8. The molecule has 0 amide bonds. The lowest BCUT2D eigenvalue weighted by atomic mass is 10.1. The van der Waals surface area contributed by atoms with E-state index in [0.717, 1.165) is 6.26 Å². The number of hydrogen-bond acceptors (Lipinski definition) is 4. The van der Waals surface area contributed by atoms with Crippen molar-refractivity contribution in [3.05, 3.63) is 60.2 Å². The Morgan fingerprint density at radius 1 is 0.958 bits per heavy atom. The molecule has 0 heterocycles. The molecule has 0 aliphatic rings. The second kappa shape index (κ2) is 7.12. The van der Waals surface area contributed by atoms with Crippen LogP contribution in [0.2, 0.25) is 0 Å². The lowest BCUT2D eigenvalue weighted by Crippen LogP contribution is -2.18. The predicted molar refractivity (Wildman–Crippen MR) is 82.4 cm³/mol. The largest absolute Gasteiger partial charge is 0.485 e. The van der Waals surface area contributed by atoms with E-state index in [1.807, 2.05) is 0 Å². The fourth-order valence-corrected chi connectivity index (χ4v) is 2.48. The maximum Gasteiger partial charge on any atom is 0.392 e. The molecule has 2 aromatic rings. The van der Waals surface area contributed by atoms with Crippen LogP contribution >= 0.6 is 0 Å². The van der Waals surface area contributed by atoms with Gasteiger partial charge >= 0.3 is 16.3 Å². The molecule has 24 heavy (non-hydrogen) atoms. The van der Waals surface area contributed by atoms with Gasteiger partial charge in [0.2, 0.25) is 0 Å². The lowest BCUT2D eigenvalue weighted by molar-refractivity contribution is -0.151. The standard InChI is InChI=1S/C16H15F3O4S/c1-24(20,21)23-14-9-7-13(8-10-14)22-15(11-16(17,18)19)12-5-3-2-4-6-12/h2-10,15H,11H2,1H3. The first-order valence-corrected chi connectivity index (χ1v) is 8.72. The Bertz CT molecular complexity index is 756. The van der Waals surface area contributed by atoms with Crippen LogP contribution in [0, 0.1) is 0 Å². The second-order valence-corrected chi connectivity index (χ2v) is 6.67. The number of hydrogen-bond donors (Lipinski definition) is 0. The highest BCUT2D eigenvalue weighted by atomic mass is 32.2. The van der Waals surface area contributed by atoms with E-state index in [9.17, 15) is 21.6 Å². The molecule has 2 rings (SSSR count). The summed E-state index contributed by atoms with van der Waals surface area (Å²) >= 11 is 0. The van der Waals surface area contributed by atoms with Crippen molar-refractivity contribution in [3.8, 4) is 11.5 Å². The second-order valence-electron chi connectivity index (χ2n) is 5.10. The average Bonchev–Trinajstić information content (AvgIpc) is 2.47. The van der Waals surface area contributed by atoms with Gasteiger partial charge in [0.05, 0.1) is 12.7 Å². The van der Waals surface area contributed by atoms with Gasteiger partial charge < -0.3 is 8.92 Å². The zero-order valence-corrected chi connectivity index (χ0v) is 13.5. The van der Waals surface area contributed by atoms with E-state index in [4.69, 9.17) is 4.74 Å². The Balaban J connectivity index is 2.17. The zero-order valence-electron chi connectivity index (χ0n) is 12.7. The van der Waals surface area contributed by atoms with Crippen LogP contribution in [0.25, 0.3) is 0 Å². The molecule has 1 atom stereocenters. The van der Waals surface area contributed by atoms with E-state index in [0.29, 0.717) is 5.56 Å². The molecule has 0 fully saturated rings. The molecule has 0 radical (unpaired) electrons. The van der Waals surface area contributed by atoms with Gasteiger partial charge in [0.1, 0.15) is 17.6 Å². The predicted octanol–water partition coefficient (Wildman–Crippen LogP) is 4.10. The highest BCUT2D eigenvalue weighted by molar-refractivity contribution is 7.86. The van der Waals surface area contributed by atoms with Gasteiger partial charge in [0.15, 0.2) is 0 Å². The minimum atomic E-state index is -4.39. The smallest absolute Gasteiger partial charge is 0.392 e. The first-order chi connectivity index (χ1) is 11.1. The van der Waals surface area contributed by atoms with Gasteiger partial charge in [-0.15, -0.1) is 0 Å². The van der Waals surface area contributed by atoms with Gasteiger partial charge in [-0.25, -0.2) is 0 Å². The fourth-order valence-electron chi connectivity index (χ4n) is 2.02. The minimum Gasteiger partial charge on any atom is -0.485 e. The Morgan fingerprint density at radius 3 is 2.00 bits per heavy atom. The first kappa shape index (κ1) is 18.1. The monoisotopic (exact) mass is 360 g/mol. The summed E-state index contributed by atoms with van der Waals surface area (Å²) in [6.45, 7) is 0. The summed E-state index contributed by atoms with van der Waals surface area (Å²) in [5, 5.41) is 0. The molecule has 0 spiro atoms. The van der Waals surface area contributed by atoms with Crippen LogP contribution in [0.4, 0.5) is 13.2 Å². The quantitative estimate of drug-likeness (QED) is 0.728. The molecule has 0 bridgehead atoms. The molecule has 0 saturated carbocycles. The first-order valence-electron chi connectivity index (χ1n) is 6.90. The molecule has 130 valence electrons.